The molecular weight excluding hydrogens is 260 g/mol. The third-order valence-corrected chi connectivity index (χ3v) is 3.18. The number of morpholine rings is 1. The van der Waals surface area contributed by atoms with Gasteiger partial charge in [0.1, 0.15) is 11.8 Å². The Morgan fingerprint density at radius 1 is 1.40 bits per heavy atom. The van der Waals surface area contributed by atoms with Crippen LogP contribution in [0.5, 0.6) is 5.75 Å². The van der Waals surface area contributed by atoms with E-state index in [1.807, 2.05) is 0 Å². The van der Waals surface area contributed by atoms with Gasteiger partial charge in [-0.05, 0) is 31.2 Å². The number of amides is 1. The molecule has 1 aliphatic rings. The van der Waals surface area contributed by atoms with E-state index >= 15 is 0 Å². The number of phenolic OH excluding ortho intramolecular Hbond substituents is 1. The molecule has 6 heteroatoms. The van der Waals surface area contributed by atoms with Crippen molar-refractivity contribution in [1.82, 2.24) is 10.6 Å². The average Bonchev–Trinajstić information content (AvgIpc) is 2.46. The summed E-state index contributed by atoms with van der Waals surface area (Å²) in [6.07, 6.45) is -0.359. The van der Waals surface area contributed by atoms with Crippen molar-refractivity contribution in [1.29, 1.82) is 0 Å². The Morgan fingerprint density at radius 2 is 2.10 bits per heavy atom. The van der Waals surface area contributed by atoms with E-state index in [2.05, 4.69) is 10.6 Å². The van der Waals surface area contributed by atoms with Gasteiger partial charge in [0.25, 0.3) is 5.91 Å². The monoisotopic (exact) mass is 278 g/mol. The fourth-order valence-electron chi connectivity index (χ4n) is 2.09. The minimum atomic E-state index is -0.677. The van der Waals surface area contributed by atoms with Gasteiger partial charge >= 0.3 is 0 Å². The van der Waals surface area contributed by atoms with Crippen LogP contribution in [0.25, 0.3) is 0 Å². The van der Waals surface area contributed by atoms with Crippen LogP contribution in [0.15, 0.2) is 24.3 Å². The number of hydrogen-bond donors (Lipinski definition) is 3. The molecule has 2 rings (SSSR count). The number of rotatable bonds is 4. The number of nitrogens with one attached hydrogen (secondary N) is 2. The van der Waals surface area contributed by atoms with E-state index in [1.165, 1.54) is 31.2 Å². The molecule has 1 heterocycles. The minimum Gasteiger partial charge on any atom is -0.508 e. The molecule has 1 aromatic carbocycles. The van der Waals surface area contributed by atoms with Crippen molar-refractivity contribution in [2.45, 2.75) is 19.1 Å². The molecule has 2 atom stereocenters. The summed E-state index contributed by atoms with van der Waals surface area (Å²) < 4.78 is 5.52. The van der Waals surface area contributed by atoms with Crippen LogP contribution in [0.2, 0.25) is 0 Å². The number of ether oxygens (including phenoxy) is 1. The summed E-state index contributed by atoms with van der Waals surface area (Å²) >= 11 is 0. The molecule has 0 aromatic heterocycles. The molecule has 3 N–H and O–H groups in total. The van der Waals surface area contributed by atoms with Crippen LogP contribution < -0.4 is 10.6 Å². The second kappa shape index (κ2) is 6.49. The Morgan fingerprint density at radius 3 is 2.65 bits per heavy atom. The van der Waals surface area contributed by atoms with Gasteiger partial charge in [-0.25, -0.2) is 0 Å². The zero-order chi connectivity index (χ0) is 14.5. The maximum absolute atomic E-state index is 12.1. The van der Waals surface area contributed by atoms with Crippen molar-refractivity contribution in [2.75, 3.05) is 19.7 Å². The first kappa shape index (κ1) is 14.5. The van der Waals surface area contributed by atoms with Gasteiger partial charge in [-0.2, -0.15) is 0 Å². The van der Waals surface area contributed by atoms with Crippen LogP contribution in [-0.2, 0) is 9.53 Å². The number of Topliss-reactive ketones (excluding diaryl/α,β-unsaturated/α-hetero) is 1. The zero-order valence-corrected chi connectivity index (χ0v) is 11.3. The molecule has 108 valence electrons. The Hall–Kier alpha value is -1.92. The van der Waals surface area contributed by atoms with Crippen molar-refractivity contribution in [3.05, 3.63) is 29.8 Å². The van der Waals surface area contributed by atoms with Gasteiger partial charge in [-0.15, -0.1) is 0 Å². The Kier molecular flexibility index (Phi) is 4.70. The highest BCUT2D eigenvalue weighted by Crippen LogP contribution is 2.11. The number of phenols is 1. The van der Waals surface area contributed by atoms with E-state index in [0.29, 0.717) is 18.7 Å². The van der Waals surface area contributed by atoms with Crippen molar-refractivity contribution in [2.24, 2.45) is 0 Å². The van der Waals surface area contributed by atoms with Gasteiger partial charge < -0.3 is 20.5 Å². The quantitative estimate of drug-likeness (QED) is 0.725. The van der Waals surface area contributed by atoms with Crippen LogP contribution in [0.1, 0.15) is 17.3 Å². The molecule has 0 spiro atoms. The van der Waals surface area contributed by atoms with Crippen molar-refractivity contribution in [3.8, 4) is 5.75 Å². The van der Waals surface area contributed by atoms with E-state index in [9.17, 15) is 14.7 Å². The molecule has 1 aromatic rings. The molecule has 1 fully saturated rings. The number of ketones is 1. The third-order valence-electron chi connectivity index (χ3n) is 3.18. The highest BCUT2D eigenvalue weighted by Gasteiger charge is 2.29. The molecular formula is C14H18N2O4. The molecule has 1 saturated heterocycles. The molecule has 0 bridgehead atoms. The number of carbonyl (C=O) groups is 2. The van der Waals surface area contributed by atoms with E-state index < -0.39 is 6.04 Å². The summed E-state index contributed by atoms with van der Waals surface area (Å²) in [7, 11) is 0. The van der Waals surface area contributed by atoms with Gasteiger partial charge in [0.05, 0.1) is 12.7 Å². The molecule has 0 aliphatic carbocycles. The average molecular weight is 278 g/mol. The third kappa shape index (κ3) is 3.55. The minimum absolute atomic E-state index is 0.0875. The van der Waals surface area contributed by atoms with Crippen LogP contribution in [0.4, 0.5) is 0 Å². The van der Waals surface area contributed by atoms with E-state index in [-0.39, 0.29) is 23.5 Å². The molecule has 1 amide bonds. The molecule has 20 heavy (non-hydrogen) atoms. The van der Waals surface area contributed by atoms with Gasteiger partial charge in [-0.3, -0.25) is 9.59 Å². The first-order valence-corrected chi connectivity index (χ1v) is 6.50. The SMILES string of the molecule is CC(=O)C(NC(=O)c1ccc(O)cc1)C1CNCCO1. The summed E-state index contributed by atoms with van der Waals surface area (Å²) in [5.41, 5.74) is 0.387. The normalized spacial score (nSPS) is 20.1. The number of carbonyl (C=O) groups excluding carboxylic acids is 2. The van der Waals surface area contributed by atoms with Crippen molar-refractivity contribution in [3.63, 3.8) is 0 Å². The van der Waals surface area contributed by atoms with Gasteiger partial charge in [0.2, 0.25) is 0 Å². The maximum atomic E-state index is 12.1. The van der Waals surface area contributed by atoms with E-state index in [1.54, 1.807) is 0 Å². The lowest BCUT2D eigenvalue weighted by atomic mass is 10.1. The highest BCUT2D eigenvalue weighted by molar-refractivity contribution is 5.97. The number of benzene rings is 1. The molecule has 6 nitrogen and oxygen atoms in total. The van der Waals surface area contributed by atoms with E-state index in [0.717, 1.165) is 6.54 Å². The largest absolute Gasteiger partial charge is 0.508 e. The van der Waals surface area contributed by atoms with E-state index in [4.69, 9.17) is 4.74 Å². The summed E-state index contributed by atoms with van der Waals surface area (Å²) in [5, 5.41) is 15.0. The number of aromatic hydroxyl groups is 1. The topological polar surface area (TPSA) is 87.7 Å². The fourth-order valence-corrected chi connectivity index (χ4v) is 2.09. The van der Waals surface area contributed by atoms with Crippen LogP contribution >= 0.6 is 0 Å². The van der Waals surface area contributed by atoms with Crippen molar-refractivity contribution >= 4 is 11.7 Å². The smallest absolute Gasteiger partial charge is 0.251 e. The Bertz CT molecular complexity index is 480. The fraction of sp³-hybridized carbons (Fsp3) is 0.429. The maximum Gasteiger partial charge on any atom is 0.251 e. The summed E-state index contributed by atoms with van der Waals surface area (Å²) in [6, 6.07) is 5.18. The Labute approximate surface area is 117 Å². The van der Waals surface area contributed by atoms with Crippen LogP contribution in [-0.4, -0.2) is 48.6 Å². The number of hydrogen-bond acceptors (Lipinski definition) is 5. The second-order valence-corrected chi connectivity index (χ2v) is 4.72. The van der Waals surface area contributed by atoms with Crippen molar-refractivity contribution < 1.29 is 19.4 Å². The molecule has 1 aliphatic heterocycles. The van der Waals surface area contributed by atoms with Gasteiger partial charge in [-0.1, -0.05) is 0 Å². The second-order valence-electron chi connectivity index (χ2n) is 4.72. The molecule has 0 saturated carbocycles. The lowest BCUT2D eigenvalue weighted by Crippen LogP contribution is -2.55. The lowest BCUT2D eigenvalue weighted by Gasteiger charge is -2.30. The van der Waals surface area contributed by atoms with Gasteiger partial charge in [0, 0.05) is 18.7 Å². The summed E-state index contributed by atoms with van der Waals surface area (Å²) in [5.74, 6) is -0.422. The lowest BCUT2D eigenvalue weighted by molar-refractivity contribution is -0.123. The first-order chi connectivity index (χ1) is 9.58. The first-order valence-electron chi connectivity index (χ1n) is 6.50. The summed E-state index contributed by atoms with van der Waals surface area (Å²) in [6.45, 7) is 3.22. The van der Waals surface area contributed by atoms with Crippen LogP contribution in [0, 0.1) is 0 Å². The molecule has 2 unspecified atom stereocenters. The standard InChI is InChI=1S/C14H18N2O4/c1-9(17)13(12-8-15-6-7-20-12)16-14(19)10-2-4-11(18)5-3-10/h2-5,12-13,15,18H,6-8H2,1H3,(H,16,19). The zero-order valence-electron chi connectivity index (χ0n) is 11.3. The molecule has 0 radical (unpaired) electrons. The van der Waals surface area contributed by atoms with Crippen LogP contribution in [0.3, 0.4) is 0 Å². The summed E-state index contributed by atoms with van der Waals surface area (Å²) in [4.78, 5) is 23.8. The van der Waals surface area contributed by atoms with Gasteiger partial charge in [0.15, 0.2) is 5.78 Å². The highest BCUT2D eigenvalue weighted by atomic mass is 16.5. The predicted octanol–water partition coefficient (Wildman–Crippen LogP) is 0.0680. The Balaban J connectivity index is 2.05. The predicted molar refractivity (Wildman–Crippen MR) is 72.7 cm³/mol.